The number of ketones is 2. The van der Waals surface area contributed by atoms with Crippen LogP contribution in [0.1, 0.15) is 19.8 Å². The molecule has 15 heavy (non-hydrogen) atoms. The quantitative estimate of drug-likeness (QED) is 0.634. The van der Waals surface area contributed by atoms with Gasteiger partial charge in [0.15, 0.2) is 11.6 Å². The van der Waals surface area contributed by atoms with Crippen LogP contribution in [0.3, 0.4) is 0 Å². The minimum atomic E-state index is -1.01. The molecule has 3 aliphatic rings. The lowest BCUT2D eigenvalue weighted by atomic mass is 9.73. The molecule has 3 aliphatic carbocycles. The van der Waals surface area contributed by atoms with E-state index in [0.717, 1.165) is 18.4 Å². The maximum absolute atomic E-state index is 11.9. The smallest absolute Gasteiger partial charge is 0.182 e. The summed E-state index contributed by atoms with van der Waals surface area (Å²) in [6.07, 6.45) is 3.70. The van der Waals surface area contributed by atoms with Gasteiger partial charge >= 0.3 is 0 Å². The third kappa shape index (κ3) is 0.893. The van der Waals surface area contributed by atoms with Crippen molar-refractivity contribution in [3.8, 4) is 0 Å². The first-order valence-electron chi connectivity index (χ1n) is 5.24. The van der Waals surface area contributed by atoms with Crippen molar-refractivity contribution in [2.75, 3.05) is 0 Å². The van der Waals surface area contributed by atoms with E-state index in [2.05, 4.69) is 0 Å². The van der Waals surface area contributed by atoms with Gasteiger partial charge in [-0.3, -0.25) is 9.59 Å². The van der Waals surface area contributed by atoms with Crippen LogP contribution in [0.4, 0.5) is 0 Å². The number of fused-ring (bicyclic) bond motifs is 1. The van der Waals surface area contributed by atoms with E-state index in [1.807, 2.05) is 6.92 Å². The second-order valence-electron chi connectivity index (χ2n) is 4.68. The molecule has 3 rings (SSSR count). The molecule has 0 aliphatic heterocycles. The molecular weight excluding hydrogens is 192 g/mol. The van der Waals surface area contributed by atoms with Gasteiger partial charge in [0.05, 0.1) is 5.41 Å². The third-order valence-corrected chi connectivity index (χ3v) is 4.01. The zero-order valence-electron chi connectivity index (χ0n) is 8.49. The summed E-state index contributed by atoms with van der Waals surface area (Å²) in [6, 6.07) is 0. The highest BCUT2D eigenvalue weighted by Gasteiger charge is 2.59. The first kappa shape index (κ1) is 9.04. The lowest BCUT2D eigenvalue weighted by molar-refractivity contribution is -0.133. The summed E-state index contributed by atoms with van der Waals surface area (Å²) in [7, 11) is 0. The fraction of sp³-hybridized carbons (Fsp3) is 0.500. The van der Waals surface area contributed by atoms with Crippen molar-refractivity contribution < 1.29 is 14.7 Å². The second kappa shape index (κ2) is 2.47. The van der Waals surface area contributed by atoms with E-state index in [-0.39, 0.29) is 17.5 Å². The van der Waals surface area contributed by atoms with Gasteiger partial charge in [-0.15, -0.1) is 0 Å². The van der Waals surface area contributed by atoms with Gasteiger partial charge in [0, 0.05) is 11.5 Å². The highest BCUT2D eigenvalue weighted by Crippen LogP contribution is 2.58. The Morgan fingerprint density at radius 1 is 1.40 bits per heavy atom. The normalized spacial score (nSPS) is 36.4. The first-order valence-corrected chi connectivity index (χ1v) is 5.24. The number of aliphatic hydroxyl groups is 1. The third-order valence-electron chi connectivity index (χ3n) is 4.01. The molecular formula is C12H12O3. The molecule has 0 aromatic heterocycles. The molecule has 0 aromatic rings. The van der Waals surface area contributed by atoms with Gasteiger partial charge in [-0.2, -0.15) is 0 Å². The van der Waals surface area contributed by atoms with Crippen molar-refractivity contribution in [3.63, 3.8) is 0 Å². The fourth-order valence-corrected chi connectivity index (χ4v) is 2.87. The number of hydrogen-bond acceptors (Lipinski definition) is 3. The Morgan fingerprint density at radius 3 is 2.67 bits per heavy atom. The molecule has 78 valence electrons. The molecule has 0 radical (unpaired) electrons. The standard InChI is InChI=1S/C12H12O3/c1-6-9-7(2-3-8(9)13)10(14)11(15)12(6)4-5-12/h2-3,7,10,14H,4-5H2,1H3/t7?,10-/m1/s1. The number of rotatable bonds is 0. The SMILES string of the molecule is CC1=C2C(=O)C=CC2[C@@H](O)C(=O)C12CC2. The van der Waals surface area contributed by atoms with Gasteiger partial charge in [-0.05, 0) is 25.8 Å². The molecule has 0 bridgehead atoms. The maximum atomic E-state index is 11.9. The van der Waals surface area contributed by atoms with Crippen molar-refractivity contribution >= 4 is 11.6 Å². The lowest BCUT2D eigenvalue weighted by Crippen LogP contribution is -2.41. The number of aliphatic hydroxyl groups excluding tert-OH is 1. The molecule has 1 fully saturated rings. The molecule has 1 saturated carbocycles. The predicted molar refractivity (Wildman–Crippen MR) is 53.0 cm³/mol. The first-order chi connectivity index (χ1) is 7.08. The summed E-state index contributed by atoms with van der Waals surface area (Å²) in [5, 5.41) is 9.87. The fourth-order valence-electron chi connectivity index (χ4n) is 2.87. The summed E-state index contributed by atoms with van der Waals surface area (Å²) >= 11 is 0. The summed E-state index contributed by atoms with van der Waals surface area (Å²) < 4.78 is 0. The predicted octanol–water partition coefficient (Wildman–Crippen LogP) is 0.782. The summed E-state index contributed by atoms with van der Waals surface area (Å²) in [5.41, 5.74) is 1.09. The van der Waals surface area contributed by atoms with E-state index < -0.39 is 11.5 Å². The molecule has 1 unspecified atom stereocenters. The Balaban J connectivity index is 2.21. The molecule has 3 nitrogen and oxygen atoms in total. The van der Waals surface area contributed by atoms with Crippen LogP contribution < -0.4 is 0 Å². The monoisotopic (exact) mass is 204 g/mol. The van der Waals surface area contributed by atoms with Crippen LogP contribution in [0, 0.1) is 11.3 Å². The molecule has 0 saturated heterocycles. The summed E-state index contributed by atoms with van der Waals surface area (Å²) in [6.45, 7) is 1.87. The van der Waals surface area contributed by atoms with Gasteiger partial charge in [-0.1, -0.05) is 11.6 Å². The van der Waals surface area contributed by atoms with Crippen molar-refractivity contribution in [1.82, 2.24) is 0 Å². The van der Waals surface area contributed by atoms with Gasteiger partial charge in [0.1, 0.15) is 6.10 Å². The Labute approximate surface area is 87.5 Å². The molecule has 3 heteroatoms. The van der Waals surface area contributed by atoms with Crippen molar-refractivity contribution in [2.45, 2.75) is 25.9 Å². The van der Waals surface area contributed by atoms with Crippen LogP contribution >= 0.6 is 0 Å². The minimum Gasteiger partial charge on any atom is -0.384 e. The number of carbonyl (C=O) groups is 2. The average Bonchev–Trinajstić information content (AvgIpc) is 2.93. The summed E-state index contributed by atoms with van der Waals surface area (Å²) in [4.78, 5) is 23.6. The maximum Gasteiger partial charge on any atom is 0.182 e. The van der Waals surface area contributed by atoms with Crippen molar-refractivity contribution in [3.05, 3.63) is 23.3 Å². The second-order valence-corrected chi connectivity index (χ2v) is 4.68. The van der Waals surface area contributed by atoms with Gasteiger partial charge in [0.25, 0.3) is 0 Å². The number of allylic oxidation sites excluding steroid dienone is 2. The van der Waals surface area contributed by atoms with Crippen LogP contribution in [-0.4, -0.2) is 22.8 Å². The summed E-state index contributed by atoms with van der Waals surface area (Å²) in [5.74, 6) is -0.500. The van der Waals surface area contributed by atoms with Crippen LogP contribution in [-0.2, 0) is 9.59 Å². The largest absolute Gasteiger partial charge is 0.384 e. The van der Waals surface area contributed by atoms with Crippen molar-refractivity contribution in [1.29, 1.82) is 0 Å². The highest BCUT2D eigenvalue weighted by molar-refractivity contribution is 6.12. The molecule has 0 amide bonds. The number of carbonyl (C=O) groups excluding carboxylic acids is 2. The number of Topliss-reactive ketones (excluding diaryl/α,β-unsaturated/α-hetero) is 1. The Bertz CT molecular complexity index is 438. The van der Waals surface area contributed by atoms with E-state index in [4.69, 9.17) is 0 Å². The molecule has 0 heterocycles. The molecule has 0 aromatic carbocycles. The average molecular weight is 204 g/mol. The van der Waals surface area contributed by atoms with Crippen LogP contribution in [0.5, 0.6) is 0 Å². The van der Waals surface area contributed by atoms with E-state index in [0.29, 0.717) is 5.57 Å². The van der Waals surface area contributed by atoms with Crippen LogP contribution in [0.25, 0.3) is 0 Å². The topological polar surface area (TPSA) is 54.4 Å². The highest BCUT2D eigenvalue weighted by atomic mass is 16.3. The van der Waals surface area contributed by atoms with E-state index in [1.165, 1.54) is 6.08 Å². The lowest BCUT2D eigenvalue weighted by Gasteiger charge is -2.31. The van der Waals surface area contributed by atoms with Crippen LogP contribution in [0.2, 0.25) is 0 Å². The number of hydrogen-bond donors (Lipinski definition) is 1. The molecule has 1 spiro atoms. The molecule has 1 N–H and O–H groups in total. The van der Waals surface area contributed by atoms with E-state index in [9.17, 15) is 14.7 Å². The Kier molecular flexibility index (Phi) is 1.49. The van der Waals surface area contributed by atoms with E-state index >= 15 is 0 Å². The van der Waals surface area contributed by atoms with Gasteiger partial charge < -0.3 is 5.11 Å². The van der Waals surface area contributed by atoms with Crippen molar-refractivity contribution in [2.24, 2.45) is 11.3 Å². The Hall–Kier alpha value is -1.22. The zero-order valence-corrected chi connectivity index (χ0v) is 8.49. The van der Waals surface area contributed by atoms with E-state index in [1.54, 1.807) is 6.08 Å². The zero-order chi connectivity index (χ0) is 10.8. The molecule has 2 atom stereocenters. The Morgan fingerprint density at radius 2 is 2.07 bits per heavy atom. The van der Waals surface area contributed by atoms with Gasteiger partial charge in [0.2, 0.25) is 0 Å². The van der Waals surface area contributed by atoms with Gasteiger partial charge in [-0.25, -0.2) is 0 Å². The minimum absolute atomic E-state index is 0.0321. The van der Waals surface area contributed by atoms with Crippen LogP contribution in [0.15, 0.2) is 23.3 Å².